The Morgan fingerprint density at radius 1 is 1.47 bits per heavy atom. The Bertz CT molecular complexity index is 507. The lowest BCUT2D eigenvalue weighted by Crippen LogP contribution is -2.41. The molecule has 4 nitrogen and oxygen atoms in total. The van der Waals surface area contributed by atoms with E-state index < -0.39 is 0 Å². The number of carbonyl (C=O) groups is 1. The fourth-order valence-electron chi connectivity index (χ4n) is 2.51. The van der Waals surface area contributed by atoms with Crippen molar-refractivity contribution in [3.63, 3.8) is 0 Å². The molecule has 0 bridgehead atoms. The zero-order chi connectivity index (χ0) is 14.0. The molecule has 1 aliphatic heterocycles. The van der Waals surface area contributed by atoms with E-state index in [4.69, 9.17) is 11.6 Å². The number of carbonyl (C=O) groups excluding carboxylic acids is 1. The Kier molecular flexibility index (Phi) is 4.30. The summed E-state index contributed by atoms with van der Waals surface area (Å²) >= 11 is 6.14. The average Bonchev–Trinajstić information content (AvgIpc) is 2.61. The van der Waals surface area contributed by atoms with Crippen LogP contribution < -0.4 is 0 Å². The number of hydrogen-bond donors (Lipinski definition) is 0. The number of aromatic nitrogens is 2. The summed E-state index contributed by atoms with van der Waals surface area (Å²) in [6.07, 6.45) is 6.77. The molecule has 0 spiro atoms. The topological polar surface area (TPSA) is 38.1 Å². The van der Waals surface area contributed by atoms with Gasteiger partial charge in [-0.1, -0.05) is 11.6 Å². The number of likely N-dealkylation sites (tertiary alicyclic amines) is 1. The van der Waals surface area contributed by atoms with Crippen molar-refractivity contribution in [1.82, 2.24) is 14.7 Å². The molecule has 104 valence electrons. The van der Waals surface area contributed by atoms with Gasteiger partial charge in [0.2, 0.25) is 5.91 Å². The van der Waals surface area contributed by atoms with Crippen LogP contribution in [-0.2, 0) is 11.8 Å². The van der Waals surface area contributed by atoms with E-state index in [0.717, 1.165) is 30.6 Å². The molecule has 5 heteroatoms. The van der Waals surface area contributed by atoms with Crippen molar-refractivity contribution in [3.05, 3.63) is 22.5 Å². The van der Waals surface area contributed by atoms with Crippen LogP contribution in [0.25, 0.3) is 6.08 Å². The van der Waals surface area contributed by atoms with Crippen molar-refractivity contribution in [1.29, 1.82) is 0 Å². The van der Waals surface area contributed by atoms with Crippen LogP contribution in [0.2, 0.25) is 5.15 Å². The van der Waals surface area contributed by atoms with Crippen molar-refractivity contribution in [2.45, 2.75) is 39.2 Å². The zero-order valence-electron chi connectivity index (χ0n) is 11.7. The van der Waals surface area contributed by atoms with Gasteiger partial charge in [0, 0.05) is 31.3 Å². The second kappa shape index (κ2) is 5.78. The third-order valence-corrected chi connectivity index (χ3v) is 4.12. The fraction of sp³-hybridized carbons (Fsp3) is 0.571. The molecular formula is C14H20ClN3O. The summed E-state index contributed by atoms with van der Waals surface area (Å²) < 4.78 is 1.62. The van der Waals surface area contributed by atoms with Gasteiger partial charge in [0.25, 0.3) is 0 Å². The molecule has 0 aliphatic carbocycles. The molecule has 1 atom stereocenters. The highest BCUT2D eigenvalue weighted by molar-refractivity contribution is 6.31. The summed E-state index contributed by atoms with van der Waals surface area (Å²) in [5, 5.41) is 4.79. The molecule has 0 saturated carbocycles. The van der Waals surface area contributed by atoms with Crippen LogP contribution in [0.5, 0.6) is 0 Å². The van der Waals surface area contributed by atoms with Crippen LogP contribution in [0.4, 0.5) is 0 Å². The van der Waals surface area contributed by atoms with E-state index in [1.165, 1.54) is 6.42 Å². The molecule has 1 aromatic heterocycles. The first-order chi connectivity index (χ1) is 9.00. The Morgan fingerprint density at radius 3 is 2.79 bits per heavy atom. The third-order valence-electron chi connectivity index (χ3n) is 3.67. The Morgan fingerprint density at radius 2 is 2.21 bits per heavy atom. The summed E-state index contributed by atoms with van der Waals surface area (Å²) in [6.45, 7) is 4.84. The average molecular weight is 282 g/mol. The van der Waals surface area contributed by atoms with Crippen LogP contribution in [0, 0.1) is 6.92 Å². The lowest BCUT2D eigenvalue weighted by molar-refractivity contribution is -0.129. The predicted octanol–water partition coefficient (Wildman–Crippen LogP) is 2.80. The second-order valence-corrected chi connectivity index (χ2v) is 5.48. The predicted molar refractivity (Wildman–Crippen MR) is 77.0 cm³/mol. The summed E-state index contributed by atoms with van der Waals surface area (Å²) in [5.74, 6) is 0.0616. The van der Waals surface area contributed by atoms with Crippen molar-refractivity contribution in [2.24, 2.45) is 7.05 Å². The number of piperidine rings is 1. The lowest BCUT2D eigenvalue weighted by Gasteiger charge is -2.32. The Hall–Kier alpha value is -1.29. The maximum absolute atomic E-state index is 12.2. The van der Waals surface area contributed by atoms with Gasteiger partial charge in [-0.15, -0.1) is 0 Å². The highest BCUT2D eigenvalue weighted by Gasteiger charge is 2.21. The Labute approximate surface area is 119 Å². The first-order valence-electron chi connectivity index (χ1n) is 6.68. The molecule has 19 heavy (non-hydrogen) atoms. The SMILES string of the molecule is Cc1nn(C)c(Cl)c1/C=C/C(=O)N1CCCCC1C. The van der Waals surface area contributed by atoms with E-state index in [2.05, 4.69) is 12.0 Å². The molecule has 1 aromatic rings. The molecule has 1 fully saturated rings. The second-order valence-electron chi connectivity index (χ2n) is 5.12. The number of amides is 1. The van der Waals surface area contributed by atoms with E-state index in [1.807, 2.05) is 11.8 Å². The van der Waals surface area contributed by atoms with Gasteiger partial charge in [0.05, 0.1) is 5.69 Å². The standard InChI is InChI=1S/C14H20ClN3O/c1-10-6-4-5-9-18(10)13(19)8-7-12-11(2)16-17(3)14(12)15/h7-8,10H,4-6,9H2,1-3H3/b8-7+. The minimum atomic E-state index is 0.0616. The quantitative estimate of drug-likeness (QED) is 0.782. The molecule has 1 aliphatic rings. The molecule has 0 N–H and O–H groups in total. The number of halogens is 1. The van der Waals surface area contributed by atoms with Gasteiger partial charge in [-0.25, -0.2) is 0 Å². The van der Waals surface area contributed by atoms with Crippen molar-refractivity contribution in [2.75, 3.05) is 6.54 Å². The highest BCUT2D eigenvalue weighted by Crippen LogP contribution is 2.21. The number of aryl methyl sites for hydroxylation is 2. The number of hydrogen-bond acceptors (Lipinski definition) is 2. The maximum Gasteiger partial charge on any atom is 0.246 e. The summed E-state index contributed by atoms with van der Waals surface area (Å²) in [4.78, 5) is 14.1. The van der Waals surface area contributed by atoms with E-state index >= 15 is 0 Å². The van der Waals surface area contributed by atoms with E-state index in [0.29, 0.717) is 11.2 Å². The normalized spacial score (nSPS) is 20.2. The molecule has 0 radical (unpaired) electrons. The van der Waals surface area contributed by atoms with Crippen LogP contribution in [-0.4, -0.2) is 33.2 Å². The molecular weight excluding hydrogens is 262 g/mol. The van der Waals surface area contributed by atoms with Crippen LogP contribution in [0.1, 0.15) is 37.4 Å². The van der Waals surface area contributed by atoms with Crippen molar-refractivity contribution < 1.29 is 4.79 Å². The molecule has 1 amide bonds. The monoisotopic (exact) mass is 281 g/mol. The first-order valence-corrected chi connectivity index (χ1v) is 7.06. The largest absolute Gasteiger partial charge is 0.336 e. The smallest absolute Gasteiger partial charge is 0.246 e. The Balaban J connectivity index is 2.11. The van der Waals surface area contributed by atoms with Gasteiger partial charge in [-0.3, -0.25) is 9.48 Å². The van der Waals surface area contributed by atoms with Gasteiger partial charge in [0.1, 0.15) is 5.15 Å². The van der Waals surface area contributed by atoms with Crippen LogP contribution in [0.15, 0.2) is 6.08 Å². The van der Waals surface area contributed by atoms with Crippen LogP contribution >= 0.6 is 11.6 Å². The maximum atomic E-state index is 12.2. The molecule has 1 unspecified atom stereocenters. The van der Waals surface area contributed by atoms with E-state index in [-0.39, 0.29) is 5.91 Å². The van der Waals surface area contributed by atoms with Gasteiger partial charge in [0.15, 0.2) is 0 Å². The fourth-order valence-corrected chi connectivity index (χ4v) is 2.75. The number of nitrogens with zero attached hydrogens (tertiary/aromatic N) is 3. The van der Waals surface area contributed by atoms with Gasteiger partial charge in [-0.05, 0) is 39.2 Å². The van der Waals surface area contributed by atoms with E-state index in [1.54, 1.807) is 23.9 Å². The highest BCUT2D eigenvalue weighted by atomic mass is 35.5. The van der Waals surface area contributed by atoms with Gasteiger partial charge in [-0.2, -0.15) is 5.10 Å². The van der Waals surface area contributed by atoms with E-state index in [9.17, 15) is 4.79 Å². The van der Waals surface area contributed by atoms with Crippen molar-refractivity contribution >= 4 is 23.6 Å². The van der Waals surface area contributed by atoms with Gasteiger partial charge < -0.3 is 4.90 Å². The molecule has 2 heterocycles. The lowest BCUT2D eigenvalue weighted by atomic mass is 10.0. The summed E-state index contributed by atoms with van der Waals surface area (Å²) in [6, 6.07) is 0.330. The summed E-state index contributed by atoms with van der Waals surface area (Å²) in [7, 11) is 1.79. The number of rotatable bonds is 2. The third kappa shape index (κ3) is 3.00. The molecule has 2 rings (SSSR count). The zero-order valence-corrected chi connectivity index (χ0v) is 12.4. The molecule has 0 aromatic carbocycles. The van der Waals surface area contributed by atoms with Crippen LogP contribution in [0.3, 0.4) is 0 Å². The minimum absolute atomic E-state index is 0.0616. The summed E-state index contributed by atoms with van der Waals surface area (Å²) in [5.41, 5.74) is 1.66. The minimum Gasteiger partial charge on any atom is -0.336 e. The first kappa shape index (κ1) is 14.1. The molecule has 1 saturated heterocycles. The van der Waals surface area contributed by atoms with Crippen molar-refractivity contribution in [3.8, 4) is 0 Å². The van der Waals surface area contributed by atoms with Gasteiger partial charge >= 0.3 is 0 Å².